The summed E-state index contributed by atoms with van der Waals surface area (Å²) in [5.41, 5.74) is 1.49. The van der Waals surface area contributed by atoms with Crippen molar-refractivity contribution in [3.05, 3.63) is 35.9 Å². The van der Waals surface area contributed by atoms with E-state index in [-0.39, 0.29) is 0 Å². The van der Waals surface area contributed by atoms with E-state index >= 15 is 0 Å². The summed E-state index contributed by atoms with van der Waals surface area (Å²) in [6, 6.07) is 13.2. The van der Waals surface area contributed by atoms with Crippen molar-refractivity contribution in [3.8, 4) is 0 Å². The lowest BCUT2D eigenvalue weighted by atomic mass is 9.94. The molecule has 1 aromatic rings. The summed E-state index contributed by atoms with van der Waals surface area (Å²) < 4.78 is 0. The molecule has 0 radical (unpaired) electrons. The number of likely N-dealkylation sites (tertiary alicyclic amines) is 1. The van der Waals surface area contributed by atoms with E-state index in [4.69, 9.17) is 0 Å². The molecule has 1 aliphatic carbocycles. The molecule has 1 heterocycles. The quantitative estimate of drug-likeness (QED) is 0.848. The van der Waals surface area contributed by atoms with Crippen molar-refractivity contribution in [1.82, 2.24) is 10.2 Å². The fraction of sp³-hybridized carbons (Fsp3) is 0.667. The van der Waals surface area contributed by atoms with Crippen LogP contribution in [0.1, 0.15) is 57.1 Å². The van der Waals surface area contributed by atoms with E-state index in [2.05, 4.69) is 47.5 Å². The third-order valence-electron chi connectivity index (χ3n) is 4.91. The van der Waals surface area contributed by atoms with Crippen molar-refractivity contribution >= 4 is 0 Å². The molecular formula is C18H28N2. The molecule has 1 saturated carbocycles. The molecule has 2 aliphatic rings. The van der Waals surface area contributed by atoms with Crippen molar-refractivity contribution in [2.75, 3.05) is 13.1 Å². The van der Waals surface area contributed by atoms with E-state index in [0.717, 1.165) is 18.6 Å². The van der Waals surface area contributed by atoms with Crippen molar-refractivity contribution in [2.45, 2.75) is 63.6 Å². The normalized spacial score (nSPS) is 25.6. The largest absolute Gasteiger partial charge is 0.312 e. The molecule has 2 fully saturated rings. The molecule has 1 saturated heterocycles. The van der Waals surface area contributed by atoms with E-state index in [1.54, 1.807) is 0 Å². The van der Waals surface area contributed by atoms with Crippen molar-refractivity contribution in [2.24, 2.45) is 0 Å². The number of nitrogens with zero attached hydrogens (tertiary/aromatic N) is 1. The Balaban J connectivity index is 1.75. The van der Waals surface area contributed by atoms with E-state index in [9.17, 15) is 0 Å². The Kier molecular flexibility index (Phi) is 4.74. The highest BCUT2D eigenvalue weighted by atomic mass is 15.2. The van der Waals surface area contributed by atoms with Crippen LogP contribution in [-0.2, 0) is 0 Å². The molecule has 20 heavy (non-hydrogen) atoms. The molecule has 2 atom stereocenters. The summed E-state index contributed by atoms with van der Waals surface area (Å²) in [6.07, 6.45) is 8.18. The number of hydrogen-bond donors (Lipinski definition) is 1. The van der Waals surface area contributed by atoms with Gasteiger partial charge in [0, 0.05) is 24.7 Å². The zero-order chi connectivity index (χ0) is 13.8. The van der Waals surface area contributed by atoms with Crippen molar-refractivity contribution < 1.29 is 0 Å². The van der Waals surface area contributed by atoms with Gasteiger partial charge in [-0.1, -0.05) is 43.7 Å². The summed E-state index contributed by atoms with van der Waals surface area (Å²) in [4.78, 5) is 2.77. The van der Waals surface area contributed by atoms with Crippen LogP contribution < -0.4 is 5.32 Å². The summed E-state index contributed by atoms with van der Waals surface area (Å²) in [6.45, 7) is 4.73. The van der Waals surface area contributed by atoms with Crippen LogP contribution in [0.25, 0.3) is 0 Å². The van der Waals surface area contributed by atoms with Crippen LogP contribution in [0.2, 0.25) is 0 Å². The minimum absolute atomic E-state index is 0.557. The fourth-order valence-electron chi connectivity index (χ4n) is 3.54. The van der Waals surface area contributed by atoms with Crippen LogP contribution in [0.15, 0.2) is 30.3 Å². The lowest BCUT2D eigenvalue weighted by Gasteiger charge is -2.41. The minimum atomic E-state index is 0.557. The highest BCUT2D eigenvalue weighted by molar-refractivity contribution is 5.20. The number of benzene rings is 1. The molecule has 0 amide bonds. The smallest absolute Gasteiger partial charge is 0.0475 e. The molecule has 0 bridgehead atoms. The van der Waals surface area contributed by atoms with E-state index in [1.165, 1.54) is 50.6 Å². The maximum atomic E-state index is 3.76. The topological polar surface area (TPSA) is 15.3 Å². The highest BCUT2D eigenvalue weighted by Crippen LogP contribution is 2.30. The first-order valence-corrected chi connectivity index (χ1v) is 8.42. The lowest BCUT2D eigenvalue weighted by Crippen LogP contribution is -2.45. The Labute approximate surface area is 123 Å². The van der Waals surface area contributed by atoms with Crippen LogP contribution in [0.5, 0.6) is 0 Å². The molecule has 1 aliphatic heterocycles. The molecule has 2 nitrogen and oxygen atoms in total. The first-order valence-electron chi connectivity index (χ1n) is 8.42. The average molecular weight is 272 g/mol. The highest BCUT2D eigenvalue weighted by Gasteiger charge is 2.30. The number of nitrogens with one attached hydrogen (secondary N) is 1. The van der Waals surface area contributed by atoms with Crippen LogP contribution in [0.4, 0.5) is 0 Å². The Morgan fingerprint density at radius 3 is 2.65 bits per heavy atom. The van der Waals surface area contributed by atoms with Gasteiger partial charge >= 0.3 is 0 Å². The predicted molar refractivity (Wildman–Crippen MR) is 84.8 cm³/mol. The zero-order valence-corrected chi connectivity index (χ0v) is 12.7. The van der Waals surface area contributed by atoms with Gasteiger partial charge in [0.25, 0.3) is 0 Å². The predicted octanol–water partition coefficient (Wildman–Crippen LogP) is 3.74. The molecular weight excluding hydrogens is 244 g/mol. The first-order chi connectivity index (χ1) is 9.88. The first kappa shape index (κ1) is 14.1. The maximum Gasteiger partial charge on any atom is 0.0475 e. The lowest BCUT2D eigenvalue weighted by molar-refractivity contribution is 0.0900. The number of piperidine rings is 1. The van der Waals surface area contributed by atoms with E-state index < -0.39 is 0 Å². The van der Waals surface area contributed by atoms with Gasteiger partial charge in [-0.2, -0.15) is 0 Å². The van der Waals surface area contributed by atoms with Gasteiger partial charge in [0.2, 0.25) is 0 Å². The standard InChI is InChI=1S/C18H28N2/c1-2-17-10-6-7-13-20(17)18(14-19-16-11-12-16)15-8-4-3-5-9-15/h3-5,8-9,16-19H,2,6-7,10-14H2,1H3. The third kappa shape index (κ3) is 3.42. The van der Waals surface area contributed by atoms with Gasteiger partial charge in [-0.15, -0.1) is 0 Å². The second kappa shape index (κ2) is 6.73. The van der Waals surface area contributed by atoms with Gasteiger partial charge in [-0.05, 0) is 44.2 Å². The number of hydrogen-bond acceptors (Lipinski definition) is 2. The molecule has 2 heteroatoms. The summed E-state index contributed by atoms with van der Waals surface area (Å²) in [7, 11) is 0. The molecule has 110 valence electrons. The SMILES string of the molecule is CCC1CCCCN1C(CNC1CC1)c1ccccc1. The molecule has 2 unspecified atom stereocenters. The average Bonchev–Trinajstić information content (AvgIpc) is 3.33. The van der Waals surface area contributed by atoms with Gasteiger partial charge in [-0.25, -0.2) is 0 Å². The summed E-state index contributed by atoms with van der Waals surface area (Å²) in [5, 5.41) is 3.76. The summed E-state index contributed by atoms with van der Waals surface area (Å²) >= 11 is 0. The van der Waals surface area contributed by atoms with Crippen LogP contribution in [0.3, 0.4) is 0 Å². The van der Waals surface area contributed by atoms with Gasteiger partial charge in [0.05, 0.1) is 0 Å². The monoisotopic (exact) mass is 272 g/mol. The third-order valence-corrected chi connectivity index (χ3v) is 4.91. The molecule has 0 aromatic heterocycles. The Hall–Kier alpha value is -0.860. The zero-order valence-electron chi connectivity index (χ0n) is 12.7. The van der Waals surface area contributed by atoms with Gasteiger partial charge < -0.3 is 5.32 Å². The second-order valence-electron chi connectivity index (χ2n) is 6.40. The Bertz CT molecular complexity index is 399. The Morgan fingerprint density at radius 2 is 1.95 bits per heavy atom. The van der Waals surface area contributed by atoms with Crippen LogP contribution in [-0.4, -0.2) is 30.1 Å². The molecule has 0 spiro atoms. The summed E-state index contributed by atoms with van der Waals surface area (Å²) in [5.74, 6) is 0. The second-order valence-corrected chi connectivity index (χ2v) is 6.40. The van der Waals surface area contributed by atoms with Crippen molar-refractivity contribution in [1.29, 1.82) is 0 Å². The molecule has 1 aromatic carbocycles. The molecule has 3 rings (SSSR count). The van der Waals surface area contributed by atoms with Crippen LogP contribution in [0, 0.1) is 0 Å². The maximum absolute atomic E-state index is 3.76. The van der Waals surface area contributed by atoms with E-state index in [0.29, 0.717) is 6.04 Å². The molecule has 1 N–H and O–H groups in total. The van der Waals surface area contributed by atoms with Crippen LogP contribution >= 0.6 is 0 Å². The fourth-order valence-corrected chi connectivity index (χ4v) is 3.54. The minimum Gasteiger partial charge on any atom is -0.312 e. The van der Waals surface area contributed by atoms with Gasteiger partial charge in [0.15, 0.2) is 0 Å². The van der Waals surface area contributed by atoms with Gasteiger partial charge in [0.1, 0.15) is 0 Å². The van der Waals surface area contributed by atoms with Gasteiger partial charge in [-0.3, -0.25) is 4.90 Å². The van der Waals surface area contributed by atoms with E-state index in [1.807, 2.05) is 0 Å². The van der Waals surface area contributed by atoms with Crippen molar-refractivity contribution in [3.63, 3.8) is 0 Å². The Morgan fingerprint density at radius 1 is 1.15 bits per heavy atom. The number of rotatable bonds is 6.